The number of carbonyl (C=O) groups excluding carboxylic acids is 1. The molecule has 0 aliphatic heterocycles. The number of aryl methyl sites for hydroxylation is 1. The Labute approximate surface area is 161 Å². The molecule has 0 bridgehead atoms. The van der Waals surface area contributed by atoms with E-state index in [-0.39, 0.29) is 12.1 Å². The number of benzene rings is 2. The van der Waals surface area contributed by atoms with Crippen molar-refractivity contribution in [2.75, 3.05) is 0 Å². The Morgan fingerprint density at radius 1 is 1.00 bits per heavy atom. The molecular weight excluding hydrogens is 354 g/mol. The number of rotatable bonds is 4. The number of aromatic nitrogens is 2. The van der Waals surface area contributed by atoms with E-state index in [9.17, 15) is 14.7 Å². The first-order chi connectivity index (χ1) is 13.6. The van der Waals surface area contributed by atoms with Gasteiger partial charge in [-0.3, -0.25) is 9.59 Å². The number of hydrogen-bond donors (Lipinski definition) is 2. The molecule has 0 saturated heterocycles. The zero-order valence-corrected chi connectivity index (χ0v) is 15.3. The summed E-state index contributed by atoms with van der Waals surface area (Å²) in [5, 5.41) is 13.7. The molecule has 4 aromatic rings. The quantitative estimate of drug-likeness (QED) is 0.577. The van der Waals surface area contributed by atoms with Gasteiger partial charge in [-0.05, 0) is 29.8 Å². The Morgan fingerprint density at radius 2 is 1.68 bits per heavy atom. The first-order valence-electron chi connectivity index (χ1n) is 8.88. The van der Waals surface area contributed by atoms with E-state index >= 15 is 0 Å². The summed E-state index contributed by atoms with van der Waals surface area (Å²) in [7, 11) is 1.57. The van der Waals surface area contributed by atoms with E-state index in [4.69, 9.17) is 0 Å². The number of pyridine rings is 1. The van der Waals surface area contributed by atoms with Crippen LogP contribution < -0.4 is 10.9 Å². The molecule has 0 spiro atoms. The maximum atomic E-state index is 12.9. The molecule has 0 unspecified atom stereocenters. The molecule has 2 N–H and O–H groups in total. The summed E-state index contributed by atoms with van der Waals surface area (Å²) in [6.45, 7) is 0.260. The summed E-state index contributed by atoms with van der Waals surface area (Å²) in [4.78, 5) is 25.2. The van der Waals surface area contributed by atoms with E-state index in [1.54, 1.807) is 31.3 Å². The summed E-state index contributed by atoms with van der Waals surface area (Å²) in [5.41, 5.74) is 1.85. The van der Waals surface area contributed by atoms with E-state index in [0.717, 1.165) is 11.3 Å². The molecule has 0 atom stereocenters. The lowest BCUT2D eigenvalue weighted by Gasteiger charge is -2.14. The standard InChI is InChI=1S/C22H19N3O3/c1-24-18-11-5-3-9-16(18)19(20(26)22(24)28)21(27)23-14-15-8-2-4-10-17(15)25-12-6-7-13-25/h2-13,26H,14H2,1H3,(H,23,27). The molecular formula is C22H19N3O3. The second-order valence-corrected chi connectivity index (χ2v) is 6.51. The van der Waals surface area contributed by atoms with Crippen LogP contribution in [-0.2, 0) is 13.6 Å². The van der Waals surface area contributed by atoms with Crippen molar-refractivity contribution >= 4 is 16.8 Å². The van der Waals surface area contributed by atoms with Crippen LogP contribution in [0.3, 0.4) is 0 Å². The molecule has 6 nitrogen and oxygen atoms in total. The van der Waals surface area contributed by atoms with Crippen molar-refractivity contribution < 1.29 is 9.90 Å². The number of fused-ring (bicyclic) bond motifs is 1. The third-order valence-electron chi connectivity index (χ3n) is 4.82. The Kier molecular flexibility index (Phi) is 4.45. The SMILES string of the molecule is Cn1c(=O)c(O)c(C(=O)NCc2ccccc2-n2cccc2)c2ccccc21. The van der Waals surface area contributed by atoms with Crippen LogP contribution >= 0.6 is 0 Å². The van der Waals surface area contributed by atoms with Crippen molar-refractivity contribution in [1.82, 2.24) is 14.5 Å². The average molecular weight is 373 g/mol. The second-order valence-electron chi connectivity index (χ2n) is 6.51. The smallest absolute Gasteiger partial charge is 0.293 e. The molecule has 6 heteroatoms. The predicted octanol–water partition coefficient (Wildman–Crippen LogP) is 2.96. The number of para-hydroxylation sites is 2. The molecule has 2 heterocycles. The maximum absolute atomic E-state index is 12.9. The second kappa shape index (κ2) is 7.08. The molecule has 1 amide bonds. The van der Waals surface area contributed by atoms with Crippen molar-refractivity contribution in [3.63, 3.8) is 0 Å². The minimum atomic E-state index is -0.600. The lowest BCUT2D eigenvalue weighted by Crippen LogP contribution is -2.27. The number of carbonyl (C=O) groups is 1. The van der Waals surface area contributed by atoms with Crippen LogP contribution in [0.1, 0.15) is 15.9 Å². The van der Waals surface area contributed by atoms with E-state index < -0.39 is 17.2 Å². The van der Waals surface area contributed by atoms with E-state index in [1.165, 1.54) is 4.57 Å². The largest absolute Gasteiger partial charge is 0.502 e. The summed E-state index contributed by atoms with van der Waals surface area (Å²) in [6.07, 6.45) is 3.86. The topological polar surface area (TPSA) is 76.3 Å². The van der Waals surface area contributed by atoms with Crippen LogP contribution in [-0.4, -0.2) is 20.1 Å². The van der Waals surface area contributed by atoms with Crippen molar-refractivity contribution in [2.45, 2.75) is 6.54 Å². The van der Waals surface area contributed by atoms with Crippen molar-refractivity contribution in [3.05, 3.63) is 94.5 Å². The van der Waals surface area contributed by atoms with Gasteiger partial charge in [-0.2, -0.15) is 0 Å². The van der Waals surface area contributed by atoms with Crippen molar-refractivity contribution in [3.8, 4) is 11.4 Å². The van der Waals surface area contributed by atoms with Gasteiger partial charge in [-0.25, -0.2) is 0 Å². The van der Waals surface area contributed by atoms with Crippen molar-refractivity contribution in [1.29, 1.82) is 0 Å². The van der Waals surface area contributed by atoms with Crippen LogP contribution in [0.4, 0.5) is 0 Å². The van der Waals surface area contributed by atoms with E-state index in [2.05, 4.69) is 5.32 Å². The summed E-state index contributed by atoms with van der Waals surface area (Å²) in [5.74, 6) is -1.04. The zero-order valence-electron chi connectivity index (χ0n) is 15.3. The molecule has 2 aromatic heterocycles. The van der Waals surface area contributed by atoms with Gasteiger partial charge in [0.15, 0.2) is 5.75 Å². The fourth-order valence-electron chi connectivity index (χ4n) is 3.38. The average Bonchev–Trinajstić information content (AvgIpc) is 3.26. The normalized spacial score (nSPS) is 10.9. The highest BCUT2D eigenvalue weighted by atomic mass is 16.3. The number of nitrogens with zero attached hydrogens (tertiary/aromatic N) is 2. The molecule has 28 heavy (non-hydrogen) atoms. The molecule has 0 aliphatic rings. The number of amides is 1. The van der Waals surface area contributed by atoms with Crippen molar-refractivity contribution in [2.24, 2.45) is 7.05 Å². The third-order valence-corrected chi connectivity index (χ3v) is 4.82. The van der Waals surface area contributed by atoms with Crippen LogP contribution in [0.5, 0.6) is 5.75 Å². The predicted molar refractivity (Wildman–Crippen MR) is 108 cm³/mol. The van der Waals surface area contributed by atoms with Gasteiger partial charge in [0.1, 0.15) is 0 Å². The van der Waals surface area contributed by atoms with E-state index in [1.807, 2.05) is 53.4 Å². The molecule has 140 valence electrons. The summed E-state index contributed by atoms with van der Waals surface area (Å²) < 4.78 is 3.30. The highest BCUT2D eigenvalue weighted by Crippen LogP contribution is 2.23. The Balaban J connectivity index is 1.69. The summed E-state index contributed by atoms with van der Waals surface area (Å²) in [6, 6.07) is 18.6. The summed E-state index contributed by atoms with van der Waals surface area (Å²) >= 11 is 0. The highest BCUT2D eigenvalue weighted by molar-refractivity contribution is 6.08. The van der Waals surface area contributed by atoms with Gasteiger partial charge in [-0.1, -0.05) is 36.4 Å². The molecule has 4 rings (SSSR count). The maximum Gasteiger partial charge on any atom is 0.293 e. The first kappa shape index (κ1) is 17.6. The Bertz CT molecular complexity index is 1220. The zero-order chi connectivity index (χ0) is 19.7. The number of aromatic hydroxyl groups is 1. The highest BCUT2D eigenvalue weighted by Gasteiger charge is 2.20. The van der Waals surface area contributed by atoms with Gasteiger partial charge in [0.25, 0.3) is 11.5 Å². The minimum absolute atomic E-state index is 0.00264. The molecule has 2 aromatic carbocycles. The number of nitrogens with one attached hydrogen (secondary N) is 1. The van der Waals surface area contributed by atoms with Crippen LogP contribution in [0.15, 0.2) is 77.9 Å². The van der Waals surface area contributed by atoms with Crippen LogP contribution in [0.2, 0.25) is 0 Å². The first-order valence-corrected chi connectivity index (χ1v) is 8.88. The van der Waals surface area contributed by atoms with Gasteiger partial charge in [-0.15, -0.1) is 0 Å². The van der Waals surface area contributed by atoms with Crippen LogP contribution in [0, 0.1) is 0 Å². The van der Waals surface area contributed by atoms with Gasteiger partial charge < -0.3 is 19.6 Å². The molecule has 0 saturated carbocycles. The Morgan fingerprint density at radius 3 is 2.46 bits per heavy atom. The molecule has 0 aliphatic carbocycles. The fraction of sp³-hybridized carbons (Fsp3) is 0.0909. The van der Waals surface area contributed by atoms with E-state index in [0.29, 0.717) is 10.9 Å². The fourth-order valence-corrected chi connectivity index (χ4v) is 3.38. The number of hydrogen-bond acceptors (Lipinski definition) is 3. The van der Waals surface area contributed by atoms with Gasteiger partial charge in [0, 0.05) is 37.1 Å². The van der Waals surface area contributed by atoms with Gasteiger partial charge in [0.2, 0.25) is 0 Å². The van der Waals surface area contributed by atoms with Crippen LogP contribution in [0.25, 0.3) is 16.6 Å². The minimum Gasteiger partial charge on any atom is -0.502 e. The molecule has 0 radical (unpaired) electrons. The molecule has 0 fully saturated rings. The lowest BCUT2D eigenvalue weighted by atomic mass is 10.1. The van der Waals surface area contributed by atoms with Gasteiger partial charge >= 0.3 is 0 Å². The lowest BCUT2D eigenvalue weighted by molar-refractivity contribution is 0.0949. The monoisotopic (exact) mass is 373 g/mol. The third kappa shape index (κ3) is 2.95. The Hall–Kier alpha value is -3.80. The van der Waals surface area contributed by atoms with Gasteiger partial charge in [0.05, 0.1) is 11.1 Å².